The maximum atomic E-state index is 2.46. The van der Waals surface area contributed by atoms with Crippen molar-refractivity contribution in [3.05, 3.63) is 11.1 Å². The Kier molecular flexibility index (Phi) is 2.69. The Balaban J connectivity index is 2.19. The number of rotatable bonds is 0. The lowest BCUT2D eigenvalue weighted by Crippen LogP contribution is -2.40. The summed E-state index contributed by atoms with van der Waals surface area (Å²) in [7, 11) is 2.24. The monoisotopic (exact) mass is 211 g/mol. The molecule has 2 aliphatic heterocycles. The maximum absolute atomic E-state index is 2.46. The third-order valence-electron chi connectivity index (χ3n) is 4.08. The molecular weight excluding hydrogens is 190 g/mol. The molecule has 0 unspecified atom stereocenters. The van der Waals surface area contributed by atoms with Gasteiger partial charge in [-0.15, -0.1) is 11.8 Å². The van der Waals surface area contributed by atoms with Gasteiger partial charge in [-0.05, 0) is 53.8 Å². The highest BCUT2D eigenvalue weighted by molar-refractivity contribution is 8.02. The zero-order valence-corrected chi connectivity index (χ0v) is 10.6. The predicted molar refractivity (Wildman–Crippen MR) is 64.9 cm³/mol. The van der Waals surface area contributed by atoms with Crippen molar-refractivity contribution in [2.45, 2.75) is 43.6 Å². The van der Waals surface area contributed by atoms with Gasteiger partial charge in [-0.1, -0.05) is 11.1 Å². The van der Waals surface area contributed by atoms with Crippen LogP contribution in [-0.2, 0) is 0 Å². The van der Waals surface area contributed by atoms with Gasteiger partial charge < -0.3 is 4.90 Å². The largest absolute Gasteiger partial charge is 0.306 e. The van der Waals surface area contributed by atoms with E-state index in [4.69, 9.17) is 0 Å². The average Bonchev–Trinajstić information content (AvgIpc) is 2.37. The highest BCUT2D eigenvalue weighted by Crippen LogP contribution is 2.52. The standard InChI is InChI=1S/C12H21NS/c1-9-10(2)12(14-11(9)3)5-7-13(4)8-6-12/h11H,5-8H2,1-4H3/t11-/m1/s1. The average molecular weight is 211 g/mol. The SMILES string of the molecule is CC1=C(C)C2(CCN(C)CC2)S[C@@H]1C. The second-order valence-corrected chi connectivity index (χ2v) is 6.59. The molecule has 1 saturated heterocycles. The third kappa shape index (κ3) is 1.53. The summed E-state index contributed by atoms with van der Waals surface area (Å²) < 4.78 is 0.510. The Morgan fingerprint density at radius 1 is 1.29 bits per heavy atom. The van der Waals surface area contributed by atoms with Crippen LogP contribution >= 0.6 is 11.8 Å². The van der Waals surface area contributed by atoms with Gasteiger partial charge in [0.2, 0.25) is 0 Å². The molecule has 2 heterocycles. The summed E-state index contributed by atoms with van der Waals surface area (Å²) in [5.41, 5.74) is 3.32. The fourth-order valence-electron chi connectivity index (χ4n) is 2.65. The van der Waals surface area contributed by atoms with E-state index in [2.05, 4.69) is 44.5 Å². The van der Waals surface area contributed by atoms with Crippen molar-refractivity contribution in [3.63, 3.8) is 0 Å². The number of likely N-dealkylation sites (tertiary alicyclic amines) is 1. The van der Waals surface area contributed by atoms with Gasteiger partial charge in [0.05, 0.1) is 0 Å². The van der Waals surface area contributed by atoms with E-state index in [-0.39, 0.29) is 0 Å². The number of nitrogens with zero attached hydrogens (tertiary/aromatic N) is 1. The van der Waals surface area contributed by atoms with Crippen molar-refractivity contribution in [2.75, 3.05) is 20.1 Å². The molecular formula is C12H21NS. The first-order chi connectivity index (χ1) is 6.55. The van der Waals surface area contributed by atoms with Crippen LogP contribution in [0.1, 0.15) is 33.6 Å². The molecule has 0 aromatic rings. The van der Waals surface area contributed by atoms with E-state index in [1.807, 2.05) is 0 Å². The Hall–Kier alpha value is 0.0500. The molecule has 2 rings (SSSR count). The van der Waals surface area contributed by atoms with E-state index in [9.17, 15) is 0 Å². The van der Waals surface area contributed by atoms with Crippen LogP contribution in [-0.4, -0.2) is 35.0 Å². The smallest absolute Gasteiger partial charge is 0.0398 e. The van der Waals surface area contributed by atoms with Gasteiger partial charge in [-0.25, -0.2) is 0 Å². The number of piperidine rings is 1. The van der Waals surface area contributed by atoms with E-state index in [0.717, 1.165) is 5.25 Å². The molecule has 1 fully saturated rings. The van der Waals surface area contributed by atoms with Crippen molar-refractivity contribution in [3.8, 4) is 0 Å². The van der Waals surface area contributed by atoms with E-state index < -0.39 is 0 Å². The Morgan fingerprint density at radius 3 is 2.29 bits per heavy atom. The topological polar surface area (TPSA) is 3.24 Å². The molecule has 1 atom stereocenters. The predicted octanol–water partition coefficient (Wildman–Crippen LogP) is 2.92. The van der Waals surface area contributed by atoms with Crippen molar-refractivity contribution < 1.29 is 0 Å². The second kappa shape index (κ2) is 3.57. The van der Waals surface area contributed by atoms with Crippen LogP contribution in [0.3, 0.4) is 0 Å². The molecule has 0 aromatic carbocycles. The number of hydrogen-bond acceptors (Lipinski definition) is 2. The molecule has 1 spiro atoms. The lowest BCUT2D eigenvalue weighted by atomic mass is 9.86. The fraction of sp³-hybridized carbons (Fsp3) is 0.833. The van der Waals surface area contributed by atoms with E-state index in [0.29, 0.717) is 4.75 Å². The van der Waals surface area contributed by atoms with E-state index in [1.165, 1.54) is 25.9 Å². The lowest BCUT2D eigenvalue weighted by Gasteiger charge is -2.38. The summed E-state index contributed by atoms with van der Waals surface area (Å²) >= 11 is 2.21. The summed E-state index contributed by atoms with van der Waals surface area (Å²) in [6.07, 6.45) is 2.70. The van der Waals surface area contributed by atoms with Crippen molar-refractivity contribution >= 4 is 11.8 Å². The van der Waals surface area contributed by atoms with Crippen LogP contribution in [0.2, 0.25) is 0 Å². The van der Waals surface area contributed by atoms with Gasteiger partial charge in [-0.2, -0.15) is 0 Å². The summed E-state index contributed by atoms with van der Waals surface area (Å²) in [4.78, 5) is 2.46. The van der Waals surface area contributed by atoms with Crippen LogP contribution < -0.4 is 0 Å². The summed E-state index contributed by atoms with van der Waals surface area (Å²) in [5.74, 6) is 0. The van der Waals surface area contributed by atoms with Gasteiger partial charge in [0.1, 0.15) is 0 Å². The van der Waals surface area contributed by atoms with Gasteiger partial charge in [0.25, 0.3) is 0 Å². The fourth-order valence-corrected chi connectivity index (χ4v) is 4.44. The normalized spacial score (nSPS) is 33.0. The Bertz CT molecular complexity index is 261. The molecule has 0 saturated carbocycles. The van der Waals surface area contributed by atoms with Crippen LogP contribution in [0.15, 0.2) is 11.1 Å². The maximum Gasteiger partial charge on any atom is 0.0398 e. The molecule has 2 aliphatic rings. The van der Waals surface area contributed by atoms with E-state index in [1.54, 1.807) is 11.1 Å². The molecule has 80 valence electrons. The van der Waals surface area contributed by atoms with Crippen LogP contribution in [0, 0.1) is 0 Å². The first kappa shape index (κ1) is 10.6. The molecule has 0 N–H and O–H groups in total. The van der Waals surface area contributed by atoms with Gasteiger partial charge >= 0.3 is 0 Å². The van der Waals surface area contributed by atoms with Gasteiger partial charge in [0, 0.05) is 10.00 Å². The van der Waals surface area contributed by atoms with Crippen LogP contribution in [0.5, 0.6) is 0 Å². The summed E-state index contributed by atoms with van der Waals surface area (Å²) in [5, 5.41) is 0.749. The molecule has 0 amide bonds. The highest BCUT2D eigenvalue weighted by Gasteiger charge is 2.42. The van der Waals surface area contributed by atoms with Crippen molar-refractivity contribution in [1.82, 2.24) is 4.90 Å². The molecule has 1 nitrogen and oxygen atoms in total. The first-order valence-electron chi connectivity index (χ1n) is 5.59. The van der Waals surface area contributed by atoms with Gasteiger partial charge in [0.15, 0.2) is 0 Å². The molecule has 14 heavy (non-hydrogen) atoms. The second-order valence-electron chi connectivity index (χ2n) is 4.87. The van der Waals surface area contributed by atoms with Crippen LogP contribution in [0.25, 0.3) is 0 Å². The Labute approximate surface area is 91.9 Å². The van der Waals surface area contributed by atoms with E-state index >= 15 is 0 Å². The number of thioether (sulfide) groups is 1. The zero-order chi connectivity index (χ0) is 10.3. The van der Waals surface area contributed by atoms with Crippen molar-refractivity contribution in [2.24, 2.45) is 0 Å². The number of hydrogen-bond donors (Lipinski definition) is 0. The molecule has 0 bridgehead atoms. The quantitative estimate of drug-likeness (QED) is 0.567. The minimum atomic E-state index is 0.510. The molecule has 0 aromatic heterocycles. The summed E-state index contributed by atoms with van der Waals surface area (Å²) in [6, 6.07) is 0. The first-order valence-corrected chi connectivity index (χ1v) is 6.47. The Morgan fingerprint density at radius 2 is 1.86 bits per heavy atom. The minimum absolute atomic E-state index is 0.510. The molecule has 0 radical (unpaired) electrons. The van der Waals surface area contributed by atoms with Crippen molar-refractivity contribution in [1.29, 1.82) is 0 Å². The lowest BCUT2D eigenvalue weighted by molar-refractivity contribution is 0.254. The minimum Gasteiger partial charge on any atom is -0.306 e. The highest BCUT2D eigenvalue weighted by atomic mass is 32.2. The van der Waals surface area contributed by atoms with Crippen LogP contribution in [0.4, 0.5) is 0 Å². The third-order valence-corrected chi connectivity index (χ3v) is 5.95. The molecule has 0 aliphatic carbocycles. The van der Waals surface area contributed by atoms with Gasteiger partial charge in [-0.3, -0.25) is 0 Å². The zero-order valence-electron chi connectivity index (χ0n) is 9.76. The summed E-state index contributed by atoms with van der Waals surface area (Å²) in [6.45, 7) is 9.57. The molecule has 2 heteroatoms.